The molecule has 0 spiro atoms. The number of rotatable bonds is 1. The van der Waals surface area contributed by atoms with Gasteiger partial charge in [0.05, 0.1) is 0 Å². The maximum absolute atomic E-state index is 5.71. The number of hydrogen-bond donors (Lipinski definition) is 1. The Morgan fingerprint density at radius 2 is 2.27 bits per heavy atom. The van der Waals surface area contributed by atoms with Gasteiger partial charge in [-0.1, -0.05) is 12.8 Å². The number of hydrogen-bond acceptors (Lipinski definition) is 3. The number of nitrogen functional groups attached to an aromatic ring is 1. The number of nitrogens with zero attached hydrogens (tertiary/aromatic N) is 2. The van der Waals surface area contributed by atoms with E-state index in [1.165, 1.54) is 31.4 Å². The highest BCUT2D eigenvalue weighted by Gasteiger charge is 2.17. The van der Waals surface area contributed by atoms with Crippen molar-refractivity contribution in [3.8, 4) is 0 Å². The molecule has 3 heteroatoms. The minimum absolute atomic E-state index is 0.615. The lowest BCUT2D eigenvalue weighted by atomic mass is 10.1. The number of pyridine rings is 1. The van der Waals surface area contributed by atoms with Gasteiger partial charge in [-0.2, -0.15) is 0 Å². The van der Waals surface area contributed by atoms with Gasteiger partial charge in [-0.05, 0) is 25.8 Å². The van der Waals surface area contributed by atoms with E-state index in [-0.39, 0.29) is 0 Å². The van der Waals surface area contributed by atoms with Gasteiger partial charge in [0.15, 0.2) is 0 Å². The fourth-order valence-corrected chi connectivity index (χ4v) is 2.27. The molecular formula is C12H19N3. The first-order chi connectivity index (χ1) is 7.27. The van der Waals surface area contributed by atoms with Crippen molar-refractivity contribution >= 4 is 11.5 Å². The second-order valence-electron chi connectivity index (χ2n) is 4.33. The van der Waals surface area contributed by atoms with Gasteiger partial charge in [-0.3, -0.25) is 0 Å². The first-order valence-electron chi connectivity index (χ1n) is 5.75. The Labute approximate surface area is 91.3 Å². The molecule has 1 saturated heterocycles. The van der Waals surface area contributed by atoms with E-state index in [1.54, 1.807) is 6.20 Å². The van der Waals surface area contributed by atoms with Crippen LogP contribution in [0.25, 0.3) is 0 Å². The second-order valence-corrected chi connectivity index (χ2v) is 4.33. The first kappa shape index (κ1) is 10.3. The lowest BCUT2D eigenvalue weighted by Gasteiger charge is -2.29. The van der Waals surface area contributed by atoms with Crippen molar-refractivity contribution in [2.24, 2.45) is 0 Å². The van der Waals surface area contributed by atoms with Crippen LogP contribution in [0.5, 0.6) is 0 Å². The molecule has 0 bridgehead atoms. The summed E-state index contributed by atoms with van der Waals surface area (Å²) < 4.78 is 0. The van der Waals surface area contributed by atoms with Crippen molar-refractivity contribution in [3.63, 3.8) is 0 Å². The standard InChI is InChI=1S/C12H19N3/c1-10-5-3-2-4-8-15(10)11-6-7-14-12(13)9-11/h6-7,9-10H,2-5,8H2,1H3,(H2,13,14). The Morgan fingerprint density at radius 3 is 3.07 bits per heavy atom. The Kier molecular flexibility index (Phi) is 3.09. The van der Waals surface area contributed by atoms with Crippen molar-refractivity contribution in [2.75, 3.05) is 17.2 Å². The third kappa shape index (κ3) is 2.41. The van der Waals surface area contributed by atoms with Gasteiger partial charge >= 0.3 is 0 Å². The molecule has 1 atom stereocenters. The number of anilines is 2. The lowest BCUT2D eigenvalue weighted by Crippen LogP contribution is -2.32. The molecule has 0 aliphatic carbocycles. The summed E-state index contributed by atoms with van der Waals surface area (Å²) in [7, 11) is 0. The van der Waals surface area contributed by atoms with Gasteiger partial charge in [0, 0.05) is 30.5 Å². The summed E-state index contributed by atoms with van der Waals surface area (Å²) in [6.45, 7) is 3.44. The van der Waals surface area contributed by atoms with Crippen LogP contribution in [0.4, 0.5) is 11.5 Å². The molecule has 1 aliphatic heterocycles. The zero-order valence-corrected chi connectivity index (χ0v) is 9.32. The Hall–Kier alpha value is -1.25. The summed E-state index contributed by atoms with van der Waals surface area (Å²) in [5, 5.41) is 0. The molecule has 1 aromatic rings. The fourth-order valence-electron chi connectivity index (χ4n) is 2.27. The topological polar surface area (TPSA) is 42.2 Å². The van der Waals surface area contributed by atoms with Crippen LogP contribution in [0.2, 0.25) is 0 Å². The van der Waals surface area contributed by atoms with E-state index in [2.05, 4.69) is 22.9 Å². The molecule has 2 rings (SSSR count). The van der Waals surface area contributed by atoms with Crippen molar-refractivity contribution in [1.82, 2.24) is 4.98 Å². The maximum atomic E-state index is 5.71. The zero-order chi connectivity index (χ0) is 10.7. The van der Waals surface area contributed by atoms with Crippen LogP contribution < -0.4 is 10.6 Å². The Balaban J connectivity index is 2.20. The van der Waals surface area contributed by atoms with E-state index in [0.29, 0.717) is 11.9 Å². The van der Waals surface area contributed by atoms with Crippen molar-refractivity contribution in [3.05, 3.63) is 18.3 Å². The molecule has 1 fully saturated rings. The predicted octanol–water partition coefficient (Wildman–Crippen LogP) is 2.43. The highest BCUT2D eigenvalue weighted by atomic mass is 15.2. The molecule has 2 N–H and O–H groups in total. The minimum atomic E-state index is 0.615. The highest BCUT2D eigenvalue weighted by molar-refractivity contribution is 5.52. The van der Waals surface area contributed by atoms with Crippen LogP contribution in [0, 0.1) is 0 Å². The molecule has 15 heavy (non-hydrogen) atoms. The van der Waals surface area contributed by atoms with Crippen LogP contribution in [-0.4, -0.2) is 17.6 Å². The molecule has 2 heterocycles. The SMILES string of the molecule is CC1CCCCCN1c1ccnc(N)c1. The van der Waals surface area contributed by atoms with Gasteiger partial charge in [0.2, 0.25) is 0 Å². The summed E-state index contributed by atoms with van der Waals surface area (Å²) >= 11 is 0. The van der Waals surface area contributed by atoms with E-state index < -0.39 is 0 Å². The summed E-state index contributed by atoms with van der Waals surface area (Å²) in [4.78, 5) is 6.48. The third-order valence-corrected chi connectivity index (χ3v) is 3.15. The quantitative estimate of drug-likeness (QED) is 0.765. The minimum Gasteiger partial charge on any atom is -0.384 e. The normalized spacial score (nSPS) is 22.5. The molecular weight excluding hydrogens is 186 g/mol. The third-order valence-electron chi connectivity index (χ3n) is 3.15. The van der Waals surface area contributed by atoms with Gasteiger partial charge in [-0.15, -0.1) is 0 Å². The van der Waals surface area contributed by atoms with Gasteiger partial charge < -0.3 is 10.6 Å². The average Bonchev–Trinajstić information content (AvgIpc) is 2.43. The van der Waals surface area contributed by atoms with Gasteiger partial charge in [-0.25, -0.2) is 4.98 Å². The Bertz CT molecular complexity index is 324. The molecule has 0 saturated carbocycles. The summed E-state index contributed by atoms with van der Waals surface area (Å²) in [6, 6.07) is 4.65. The van der Waals surface area contributed by atoms with E-state index in [0.717, 1.165) is 6.54 Å². The molecule has 0 aromatic carbocycles. The average molecular weight is 205 g/mol. The number of aromatic nitrogens is 1. The van der Waals surface area contributed by atoms with Crippen LogP contribution in [0.3, 0.4) is 0 Å². The van der Waals surface area contributed by atoms with Crippen LogP contribution in [0.1, 0.15) is 32.6 Å². The van der Waals surface area contributed by atoms with E-state index in [9.17, 15) is 0 Å². The summed E-state index contributed by atoms with van der Waals surface area (Å²) in [6.07, 6.45) is 7.05. The molecule has 82 valence electrons. The van der Waals surface area contributed by atoms with Crippen LogP contribution in [-0.2, 0) is 0 Å². The van der Waals surface area contributed by atoms with E-state index >= 15 is 0 Å². The van der Waals surface area contributed by atoms with Crippen molar-refractivity contribution in [2.45, 2.75) is 38.6 Å². The number of nitrogens with two attached hydrogens (primary N) is 1. The second kappa shape index (κ2) is 4.51. The molecule has 1 aliphatic rings. The smallest absolute Gasteiger partial charge is 0.125 e. The molecule has 1 unspecified atom stereocenters. The lowest BCUT2D eigenvalue weighted by molar-refractivity contribution is 0.616. The zero-order valence-electron chi connectivity index (χ0n) is 9.32. The summed E-state index contributed by atoms with van der Waals surface area (Å²) in [5.41, 5.74) is 6.93. The van der Waals surface area contributed by atoms with E-state index in [4.69, 9.17) is 5.73 Å². The monoisotopic (exact) mass is 205 g/mol. The fraction of sp³-hybridized carbons (Fsp3) is 0.583. The van der Waals surface area contributed by atoms with Crippen LogP contribution in [0.15, 0.2) is 18.3 Å². The Morgan fingerprint density at radius 1 is 1.40 bits per heavy atom. The molecule has 1 aromatic heterocycles. The van der Waals surface area contributed by atoms with Gasteiger partial charge in [0.25, 0.3) is 0 Å². The molecule has 0 radical (unpaired) electrons. The van der Waals surface area contributed by atoms with Gasteiger partial charge in [0.1, 0.15) is 5.82 Å². The van der Waals surface area contributed by atoms with Crippen molar-refractivity contribution in [1.29, 1.82) is 0 Å². The maximum Gasteiger partial charge on any atom is 0.125 e. The first-order valence-corrected chi connectivity index (χ1v) is 5.75. The molecule has 0 amide bonds. The highest BCUT2D eigenvalue weighted by Crippen LogP contribution is 2.24. The molecule has 3 nitrogen and oxygen atoms in total. The van der Waals surface area contributed by atoms with E-state index in [1.807, 2.05) is 6.07 Å². The summed E-state index contributed by atoms with van der Waals surface area (Å²) in [5.74, 6) is 0.615. The predicted molar refractivity (Wildman–Crippen MR) is 63.9 cm³/mol. The van der Waals surface area contributed by atoms with Crippen molar-refractivity contribution < 1.29 is 0 Å². The van der Waals surface area contributed by atoms with Crippen LogP contribution >= 0.6 is 0 Å². The largest absolute Gasteiger partial charge is 0.384 e.